The number of rotatable bonds is 5. The summed E-state index contributed by atoms with van der Waals surface area (Å²) in [6.07, 6.45) is 0.510. The molecule has 0 spiro atoms. The van der Waals surface area contributed by atoms with Gasteiger partial charge in [0.05, 0.1) is 11.6 Å². The molecule has 18 heavy (non-hydrogen) atoms. The highest BCUT2D eigenvalue weighted by Gasteiger charge is 2.13. The molecule has 0 aromatic heterocycles. The van der Waals surface area contributed by atoms with Gasteiger partial charge in [-0.1, -0.05) is 0 Å². The van der Waals surface area contributed by atoms with Crippen molar-refractivity contribution in [3.8, 4) is 5.75 Å². The van der Waals surface area contributed by atoms with Crippen LogP contribution in [0.15, 0.2) is 22.7 Å². The molecule has 1 rings (SSSR count). The van der Waals surface area contributed by atoms with Gasteiger partial charge in [-0.25, -0.2) is 0 Å². The van der Waals surface area contributed by atoms with Crippen LogP contribution in [0.3, 0.4) is 0 Å². The Morgan fingerprint density at radius 2 is 2.00 bits per heavy atom. The molecule has 0 saturated carbocycles. The highest BCUT2D eigenvalue weighted by atomic mass is 79.9. The topological polar surface area (TPSA) is 46.6 Å². The lowest BCUT2D eigenvalue weighted by molar-refractivity contribution is -0.122. The molecule has 0 N–H and O–H groups in total. The Bertz CT molecular complexity index is 460. The van der Waals surface area contributed by atoms with Gasteiger partial charge in [-0.15, -0.1) is 0 Å². The summed E-state index contributed by atoms with van der Waals surface area (Å²) in [6, 6.07) is 5.40. The second kappa shape index (κ2) is 6.54. The summed E-state index contributed by atoms with van der Waals surface area (Å²) >= 11 is 3.37. The van der Waals surface area contributed by atoms with E-state index in [0.717, 1.165) is 10.2 Å². The number of anilines is 1. The van der Waals surface area contributed by atoms with Crippen LogP contribution in [0, 0.1) is 0 Å². The average molecular weight is 314 g/mol. The third-order valence-corrected chi connectivity index (χ3v) is 3.21. The summed E-state index contributed by atoms with van der Waals surface area (Å²) in [5.41, 5.74) is 0.760. The number of amides is 1. The molecule has 0 saturated heterocycles. The van der Waals surface area contributed by atoms with Crippen LogP contribution in [0.25, 0.3) is 0 Å². The first-order valence-corrected chi connectivity index (χ1v) is 6.34. The van der Waals surface area contributed by atoms with Crippen molar-refractivity contribution >= 4 is 33.3 Å². The molecule has 4 nitrogen and oxygen atoms in total. The van der Waals surface area contributed by atoms with E-state index in [-0.39, 0.29) is 24.5 Å². The van der Waals surface area contributed by atoms with E-state index in [1.165, 1.54) is 11.8 Å². The zero-order valence-electron chi connectivity index (χ0n) is 10.7. The molecule has 98 valence electrons. The van der Waals surface area contributed by atoms with Gasteiger partial charge in [-0.2, -0.15) is 0 Å². The Morgan fingerprint density at radius 3 is 2.50 bits per heavy atom. The molecular weight excluding hydrogens is 298 g/mol. The van der Waals surface area contributed by atoms with Crippen molar-refractivity contribution in [2.75, 3.05) is 19.1 Å². The van der Waals surface area contributed by atoms with E-state index in [2.05, 4.69) is 15.9 Å². The minimum Gasteiger partial charge on any atom is -0.496 e. The predicted octanol–water partition coefficient (Wildman–Crippen LogP) is 2.79. The van der Waals surface area contributed by atoms with E-state index < -0.39 is 0 Å². The Kier molecular flexibility index (Phi) is 5.34. The number of methoxy groups -OCH3 is 1. The molecule has 1 amide bonds. The molecule has 1 aromatic rings. The smallest absolute Gasteiger partial charge is 0.227 e. The van der Waals surface area contributed by atoms with Crippen LogP contribution < -0.4 is 9.64 Å². The van der Waals surface area contributed by atoms with E-state index >= 15 is 0 Å². The summed E-state index contributed by atoms with van der Waals surface area (Å²) in [7, 11) is 3.28. The lowest BCUT2D eigenvalue weighted by Crippen LogP contribution is -2.26. The summed E-state index contributed by atoms with van der Waals surface area (Å²) in [5.74, 6) is 0.651. The number of carbonyl (C=O) groups excluding carboxylic acids is 2. The van der Waals surface area contributed by atoms with Gasteiger partial charge in [0.1, 0.15) is 11.5 Å². The summed E-state index contributed by atoms with van der Waals surface area (Å²) in [5, 5.41) is 0. The molecule has 5 heteroatoms. The van der Waals surface area contributed by atoms with Gasteiger partial charge in [0.2, 0.25) is 5.91 Å². The molecule has 1 aromatic carbocycles. The van der Waals surface area contributed by atoms with E-state index in [0.29, 0.717) is 5.75 Å². The lowest BCUT2D eigenvalue weighted by Gasteiger charge is -2.18. The molecule has 0 atom stereocenters. The molecule has 0 radical (unpaired) electrons. The first-order valence-electron chi connectivity index (χ1n) is 5.55. The van der Waals surface area contributed by atoms with Crippen molar-refractivity contribution in [1.82, 2.24) is 0 Å². The van der Waals surface area contributed by atoms with Gasteiger partial charge in [0.15, 0.2) is 0 Å². The quantitative estimate of drug-likeness (QED) is 0.839. The predicted molar refractivity (Wildman–Crippen MR) is 74.0 cm³/mol. The van der Waals surface area contributed by atoms with Crippen molar-refractivity contribution in [2.45, 2.75) is 19.8 Å². The monoisotopic (exact) mass is 313 g/mol. The van der Waals surface area contributed by atoms with Gasteiger partial charge >= 0.3 is 0 Å². The molecule has 0 aliphatic carbocycles. The number of nitrogens with zero attached hydrogens (tertiary/aromatic N) is 1. The van der Waals surface area contributed by atoms with Crippen molar-refractivity contribution in [3.63, 3.8) is 0 Å². The maximum absolute atomic E-state index is 11.8. The number of benzene rings is 1. The van der Waals surface area contributed by atoms with Crippen molar-refractivity contribution in [3.05, 3.63) is 22.7 Å². The zero-order valence-corrected chi connectivity index (χ0v) is 12.3. The molecule has 0 aliphatic heterocycles. The molecule has 0 aliphatic rings. The second-order valence-corrected chi connectivity index (χ2v) is 4.83. The summed E-state index contributed by atoms with van der Waals surface area (Å²) in [4.78, 5) is 24.2. The Balaban J connectivity index is 2.77. The number of ether oxygens (including phenoxy) is 1. The Labute approximate surface area is 115 Å². The van der Waals surface area contributed by atoms with E-state index in [1.807, 2.05) is 6.07 Å². The van der Waals surface area contributed by atoms with Gasteiger partial charge in [0, 0.05) is 25.6 Å². The summed E-state index contributed by atoms with van der Waals surface area (Å²) in [6.45, 7) is 1.48. The van der Waals surface area contributed by atoms with Crippen LogP contribution in [-0.2, 0) is 9.59 Å². The van der Waals surface area contributed by atoms with Crippen molar-refractivity contribution in [2.24, 2.45) is 0 Å². The van der Waals surface area contributed by atoms with Gasteiger partial charge < -0.3 is 14.4 Å². The number of Topliss-reactive ketones (excluding diaryl/α,β-unsaturated/α-hetero) is 1. The second-order valence-electron chi connectivity index (χ2n) is 3.97. The SMILES string of the molecule is COc1ccc(N(C)C(=O)CCC(C)=O)cc1Br. The number of ketones is 1. The number of hydrogen-bond donors (Lipinski definition) is 0. The standard InChI is InChI=1S/C13H16BrNO3/c1-9(16)4-7-13(17)15(2)10-5-6-12(18-3)11(14)8-10/h5-6,8H,4,7H2,1-3H3. The van der Waals surface area contributed by atoms with Gasteiger partial charge in [0.25, 0.3) is 0 Å². The third-order valence-electron chi connectivity index (χ3n) is 2.59. The van der Waals surface area contributed by atoms with Gasteiger partial charge in [-0.3, -0.25) is 4.79 Å². The lowest BCUT2D eigenvalue weighted by atomic mass is 10.2. The van der Waals surface area contributed by atoms with Crippen LogP contribution in [0.5, 0.6) is 5.75 Å². The van der Waals surface area contributed by atoms with E-state index in [1.54, 1.807) is 26.3 Å². The average Bonchev–Trinajstić information content (AvgIpc) is 2.34. The molecule has 0 unspecified atom stereocenters. The highest BCUT2D eigenvalue weighted by molar-refractivity contribution is 9.10. The molecule has 0 heterocycles. The maximum Gasteiger partial charge on any atom is 0.227 e. The largest absolute Gasteiger partial charge is 0.496 e. The maximum atomic E-state index is 11.8. The highest BCUT2D eigenvalue weighted by Crippen LogP contribution is 2.29. The van der Waals surface area contributed by atoms with Crippen LogP contribution in [-0.4, -0.2) is 25.8 Å². The normalized spacial score (nSPS) is 10.0. The number of carbonyl (C=O) groups is 2. The first-order chi connectivity index (χ1) is 8.45. The van der Waals surface area contributed by atoms with Crippen LogP contribution >= 0.6 is 15.9 Å². The fourth-order valence-electron chi connectivity index (χ4n) is 1.46. The van der Waals surface area contributed by atoms with E-state index in [4.69, 9.17) is 4.74 Å². The van der Waals surface area contributed by atoms with Crippen LogP contribution in [0.2, 0.25) is 0 Å². The fourth-order valence-corrected chi connectivity index (χ4v) is 1.99. The number of halogens is 1. The minimum absolute atomic E-state index is 0.0210. The Hall–Kier alpha value is -1.36. The van der Waals surface area contributed by atoms with Crippen molar-refractivity contribution < 1.29 is 14.3 Å². The summed E-state index contributed by atoms with van der Waals surface area (Å²) < 4.78 is 5.91. The van der Waals surface area contributed by atoms with E-state index in [9.17, 15) is 9.59 Å². The first kappa shape index (κ1) is 14.7. The van der Waals surface area contributed by atoms with Gasteiger partial charge in [-0.05, 0) is 41.1 Å². The number of hydrogen-bond acceptors (Lipinski definition) is 3. The zero-order chi connectivity index (χ0) is 13.7. The minimum atomic E-state index is -0.0812. The Morgan fingerprint density at radius 1 is 1.33 bits per heavy atom. The molecule has 0 fully saturated rings. The third kappa shape index (κ3) is 3.84. The molecule has 0 bridgehead atoms. The molecular formula is C13H16BrNO3. The van der Waals surface area contributed by atoms with Crippen LogP contribution in [0.4, 0.5) is 5.69 Å². The van der Waals surface area contributed by atoms with Crippen LogP contribution in [0.1, 0.15) is 19.8 Å². The fraction of sp³-hybridized carbons (Fsp3) is 0.385. The van der Waals surface area contributed by atoms with Crippen molar-refractivity contribution in [1.29, 1.82) is 0 Å².